The van der Waals surface area contributed by atoms with Crippen LogP contribution in [-0.4, -0.2) is 29.3 Å². The van der Waals surface area contributed by atoms with Crippen LogP contribution in [0.25, 0.3) is 11.3 Å². The molecule has 176 valence electrons. The van der Waals surface area contributed by atoms with Gasteiger partial charge in [-0.05, 0) is 36.6 Å². The van der Waals surface area contributed by atoms with Crippen molar-refractivity contribution in [2.75, 3.05) is 16.8 Å². The van der Waals surface area contributed by atoms with Crippen molar-refractivity contribution in [1.29, 1.82) is 0 Å². The van der Waals surface area contributed by atoms with Gasteiger partial charge in [0.1, 0.15) is 0 Å². The van der Waals surface area contributed by atoms with Gasteiger partial charge in [-0.2, -0.15) is 0 Å². The summed E-state index contributed by atoms with van der Waals surface area (Å²) in [5, 5.41) is 8.14. The van der Waals surface area contributed by atoms with Gasteiger partial charge in [0.2, 0.25) is 17.7 Å². The van der Waals surface area contributed by atoms with Gasteiger partial charge in [-0.15, -0.1) is 11.3 Å². The highest BCUT2D eigenvalue weighted by atomic mass is 32.1. The molecule has 1 aromatic heterocycles. The van der Waals surface area contributed by atoms with Crippen LogP contribution < -0.4 is 15.5 Å². The zero-order valence-corrected chi connectivity index (χ0v) is 20.3. The van der Waals surface area contributed by atoms with Gasteiger partial charge in [0, 0.05) is 36.5 Å². The van der Waals surface area contributed by atoms with Crippen molar-refractivity contribution in [3.8, 4) is 11.3 Å². The number of aryl methyl sites for hydroxylation is 1. The van der Waals surface area contributed by atoms with Crippen LogP contribution in [0, 0.1) is 5.92 Å². The van der Waals surface area contributed by atoms with Gasteiger partial charge in [-0.1, -0.05) is 43.3 Å². The first kappa shape index (κ1) is 23.6. The summed E-state index contributed by atoms with van der Waals surface area (Å²) >= 11 is 1.35. The molecule has 34 heavy (non-hydrogen) atoms. The van der Waals surface area contributed by atoms with E-state index in [2.05, 4.69) is 22.5 Å². The highest BCUT2D eigenvalue weighted by Crippen LogP contribution is 2.29. The number of amides is 3. The van der Waals surface area contributed by atoms with Gasteiger partial charge < -0.3 is 15.5 Å². The number of aromatic nitrogens is 1. The van der Waals surface area contributed by atoms with E-state index >= 15 is 0 Å². The molecule has 1 fully saturated rings. The normalized spacial score (nSPS) is 16.4. The third kappa shape index (κ3) is 5.34. The minimum Gasteiger partial charge on any atom is -0.350 e. The van der Waals surface area contributed by atoms with Gasteiger partial charge in [-0.3, -0.25) is 14.4 Å². The molecule has 8 heteroatoms. The van der Waals surface area contributed by atoms with E-state index in [1.165, 1.54) is 23.8 Å². The van der Waals surface area contributed by atoms with E-state index in [-0.39, 0.29) is 30.2 Å². The Bertz CT molecular complexity index is 1190. The average Bonchev–Trinajstić information content (AvgIpc) is 3.45. The summed E-state index contributed by atoms with van der Waals surface area (Å²) in [6.45, 7) is 5.88. The first-order chi connectivity index (χ1) is 16.3. The molecule has 0 bridgehead atoms. The summed E-state index contributed by atoms with van der Waals surface area (Å²) in [7, 11) is 0. The molecular formula is C26H28N4O3S. The summed E-state index contributed by atoms with van der Waals surface area (Å²) in [6, 6.07) is 15.6. The third-order valence-corrected chi connectivity index (χ3v) is 6.77. The Hall–Kier alpha value is -3.52. The first-order valence-electron chi connectivity index (χ1n) is 11.4. The van der Waals surface area contributed by atoms with Crippen molar-refractivity contribution in [2.24, 2.45) is 5.92 Å². The molecule has 1 aliphatic rings. The summed E-state index contributed by atoms with van der Waals surface area (Å²) in [5.74, 6) is -0.725. The molecule has 3 amide bonds. The molecule has 4 rings (SSSR count). The number of carbonyl (C=O) groups is 3. The maximum atomic E-state index is 12.8. The molecule has 2 N–H and O–H groups in total. The molecule has 2 heterocycles. The van der Waals surface area contributed by atoms with Crippen LogP contribution in [0.3, 0.4) is 0 Å². The smallest absolute Gasteiger partial charge is 0.231 e. The second-order valence-corrected chi connectivity index (χ2v) is 9.35. The Morgan fingerprint density at radius 1 is 1.15 bits per heavy atom. The van der Waals surface area contributed by atoms with E-state index in [9.17, 15) is 14.4 Å². The molecule has 0 unspecified atom stereocenters. The second kappa shape index (κ2) is 10.2. The first-order valence-corrected chi connectivity index (χ1v) is 12.2. The number of nitrogens with one attached hydrogen (secondary N) is 2. The Morgan fingerprint density at radius 2 is 1.85 bits per heavy atom. The summed E-state index contributed by atoms with van der Waals surface area (Å²) in [5.41, 5.74) is 4.72. The summed E-state index contributed by atoms with van der Waals surface area (Å²) in [4.78, 5) is 42.9. The standard InChI is InChI=1S/C26H28N4O3S/c1-4-18-5-11-22(12-6-18)30-14-21(13-24(30)32)25(33)29-26-28-23(15-34-26)20-9-7-19(8-10-20)16(2)27-17(3)31/h5-12,15-16,21H,4,13-14H2,1-3H3,(H,27,31)(H,28,29,33)/t16-,21+/m0/s1. The van der Waals surface area contributed by atoms with E-state index in [1.807, 2.05) is 60.8 Å². The molecule has 2 aromatic carbocycles. The highest BCUT2D eigenvalue weighted by Gasteiger charge is 2.35. The zero-order chi connectivity index (χ0) is 24.2. The van der Waals surface area contributed by atoms with Crippen LogP contribution >= 0.6 is 11.3 Å². The van der Waals surface area contributed by atoms with Crippen molar-refractivity contribution < 1.29 is 14.4 Å². The Morgan fingerprint density at radius 3 is 2.50 bits per heavy atom. The van der Waals surface area contributed by atoms with Crippen LogP contribution in [0.15, 0.2) is 53.9 Å². The molecule has 0 aliphatic carbocycles. The van der Waals surface area contributed by atoms with Crippen LogP contribution in [0.4, 0.5) is 10.8 Å². The lowest BCUT2D eigenvalue weighted by molar-refractivity contribution is -0.122. The SMILES string of the molecule is CCc1ccc(N2C[C@H](C(=O)Nc3nc(-c4ccc([C@H](C)NC(C)=O)cc4)cs3)CC2=O)cc1. The zero-order valence-electron chi connectivity index (χ0n) is 19.5. The predicted octanol–water partition coefficient (Wildman–Crippen LogP) is 4.56. The molecule has 0 radical (unpaired) electrons. The van der Waals surface area contributed by atoms with Gasteiger partial charge in [0.25, 0.3) is 0 Å². The third-order valence-electron chi connectivity index (χ3n) is 6.01. The predicted molar refractivity (Wildman–Crippen MR) is 135 cm³/mol. The fourth-order valence-electron chi connectivity index (χ4n) is 4.05. The fraction of sp³-hybridized carbons (Fsp3) is 0.308. The van der Waals surface area contributed by atoms with Crippen LogP contribution in [0.5, 0.6) is 0 Å². The quantitative estimate of drug-likeness (QED) is 0.523. The van der Waals surface area contributed by atoms with Crippen LogP contribution in [0.2, 0.25) is 0 Å². The van der Waals surface area contributed by atoms with Gasteiger partial charge in [-0.25, -0.2) is 4.98 Å². The molecule has 7 nitrogen and oxygen atoms in total. The van der Waals surface area contributed by atoms with Gasteiger partial charge >= 0.3 is 0 Å². The maximum Gasteiger partial charge on any atom is 0.231 e. The highest BCUT2D eigenvalue weighted by molar-refractivity contribution is 7.14. The van der Waals surface area contributed by atoms with E-state index < -0.39 is 5.92 Å². The lowest BCUT2D eigenvalue weighted by Crippen LogP contribution is -2.28. The van der Waals surface area contributed by atoms with E-state index in [4.69, 9.17) is 0 Å². The molecule has 1 aliphatic heterocycles. The molecule has 3 aromatic rings. The van der Waals surface area contributed by atoms with Crippen molar-refractivity contribution in [1.82, 2.24) is 10.3 Å². The van der Waals surface area contributed by atoms with Crippen LogP contribution in [0.1, 0.15) is 44.4 Å². The minimum absolute atomic E-state index is 0.0437. The summed E-state index contributed by atoms with van der Waals surface area (Å²) < 4.78 is 0. The Labute approximate surface area is 203 Å². The fourth-order valence-corrected chi connectivity index (χ4v) is 4.77. The number of hydrogen-bond donors (Lipinski definition) is 2. The van der Waals surface area contributed by atoms with E-state index in [0.29, 0.717) is 11.7 Å². The van der Waals surface area contributed by atoms with Crippen molar-refractivity contribution in [3.05, 3.63) is 65.0 Å². The van der Waals surface area contributed by atoms with Crippen molar-refractivity contribution >= 4 is 39.9 Å². The number of nitrogens with zero attached hydrogens (tertiary/aromatic N) is 2. The Kier molecular flexibility index (Phi) is 7.07. The van der Waals surface area contributed by atoms with Gasteiger partial charge in [0.05, 0.1) is 17.7 Å². The number of carbonyl (C=O) groups excluding carboxylic acids is 3. The number of thiazole rings is 1. The molecular weight excluding hydrogens is 448 g/mol. The molecule has 1 saturated heterocycles. The average molecular weight is 477 g/mol. The topological polar surface area (TPSA) is 91.4 Å². The monoisotopic (exact) mass is 476 g/mol. The Balaban J connectivity index is 1.38. The van der Waals surface area contributed by atoms with Crippen molar-refractivity contribution in [3.63, 3.8) is 0 Å². The van der Waals surface area contributed by atoms with Crippen molar-refractivity contribution in [2.45, 2.75) is 39.7 Å². The number of anilines is 2. The lowest BCUT2D eigenvalue weighted by atomic mass is 10.1. The van der Waals surface area contributed by atoms with E-state index in [0.717, 1.165) is 28.9 Å². The largest absolute Gasteiger partial charge is 0.350 e. The number of hydrogen-bond acceptors (Lipinski definition) is 5. The second-order valence-electron chi connectivity index (χ2n) is 8.50. The molecule has 0 saturated carbocycles. The summed E-state index contributed by atoms with van der Waals surface area (Å²) in [6.07, 6.45) is 1.13. The van der Waals surface area contributed by atoms with E-state index in [1.54, 1.807) is 4.90 Å². The van der Waals surface area contributed by atoms with Gasteiger partial charge in [0.15, 0.2) is 5.13 Å². The minimum atomic E-state index is -0.416. The van der Waals surface area contributed by atoms with Crippen LogP contribution in [-0.2, 0) is 20.8 Å². The molecule has 2 atom stereocenters. The molecule has 0 spiro atoms. The maximum absolute atomic E-state index is 12.8. The number of rotatable bonds is 7. The lowest BCUT2D eigenvalue weighted by Gasteiger charge is -2.17. The number of benzene rings is 2.